The maximum atomic E-state index is 13.7. The number of amides is 2. The predicted molar refractivity (Wildman–Crippen MR) is 141 cm³/mol. The van der Waals surface area contributed by atoms with Crippen molar-refractivity contribution < 1.29 is 19.1 Å². The number of methoxy groups -OCH3 is 1. The van der Waals surface area contributed by atoms with E-state index in [4.69, 9.17) is 9.47 Å². The van der Waals surface area contributed by atoms with Crippen molar-refractivity contribution in [3.63, 3.8) is 0 Å². The maximum absolute atomic E-state index is 13.7. The van der Waals surface area contributed by atoms with Gasteiger partial charge >= 0.3 is 0 Å². The molecule has 1 unspecified atom stereocenters. The molecular formula is C29H32N2O4S. The number of ether oxygens (including phenoxy) is 2. The standard InChI is InChI=1S/C29H32N2O4S/c1-19-7-10-26(20(2)15-19)35-18-25-24-12-14-36-27(24)11-13-30(25)28(32)17-31(22-8-9-22)29(33)21-5-4-6-23(16-21)34-3/h4-7,10,12,14-16,22,25H,8-9,11,13,17-18H2,1-3H3. The maximum Gasteiger partial charge on any atom is 0.254 e. The minimum Gasteiger partial charge on any atom is -0.497 e. The molecule has 1 fully saturated rings. The molecule has 1 atom stereocenters. The summed E-state index contributed by atoms with van der Waals surface area (Å²) in [7, 11) is 1.58. The van der Waals surface area contributed by atoms with Gasteiger partial charge in [-0.25, -0.2) is 0 Å². The fourth-order valence-electron chi connectivity index (χ4n) is 4.92. The summed E-state index contributed by atoms with van der Waals surface area (Å²) in [5.41, 5.74) is 3.97. The molecule has 2 heterocycles. The third-order valence-electron chi connectivity index (χ3n) is 7.01. The lowest BCUT2D eigenvalue weighted by atomic mass is 10.00. The van der Waals surface area contributed by atoms with Crippen molar-refractivity contribution in [3.8, 4) is 11.5 Å². The summed E-state index contributed by atoms with van der Waals surface area (Å²) in [6.45, 7) is 5.18. The summed E-state index contributed by atoms with van der Waals surface area (Å²) in [5.74, 6) is 1.31. The lowest BCUT2D eigenvalue weighted by Gasteiger charge is -2.37. The molecule has 7 heteroatoms. The van der Waals surface area contributed by atoms with Gasteiger partial charge in [-0.1, -0.05) is 23.8 Å². The fraction of sp³-hybridized carbons (Fsp3) is 0.379. The van der Waals surface area contributed by atoms with Crippen LogP contribution in [0, 0.1) is 13.8 Å². The van der Waals surface area contributed by atoms with Crippen molar-refractivity contribution in [2.24, 2.45) is 0 Å². The minimum atomic E-state index is -0.179. The van der Waals surface area contributed by atoms with Gasteiger partial charge < -0.3 is 19.3 Å². The Balaban J connectivity index is 1.35. The Bertz CT molecular complexity index is 1270. The molecule has 0 bridgehead atoms. The van der Waals surface area contributed by atoms with Crippen molar-refractivity contribution in [2.45, 2.75) is 45.2 Å². The van der Waals surface area contributed by atoms with Crippen LogP contribution in [0.5, 0.6) is 11.5 Å². The van der Waals surface area contributed by atoms with E-state index >= 15 is 0 Å². The molecule has 0 saturated heterocycles. The second kappa shape index (κ2) is 10.3. The predicted octanol–water partition coefficient (Wildman–Crippen LogP) is 5.18. The summed E-state index contributed by atoms with van der Waals surface area (Å²) in [4.78, 5) is 32.1. The van der Waals surface area contributed by atoms with E-state index in [-0.39, 0.29) is 30.4 Å². The lowest BCUT2D eigenvalue weighted by Crippen LogP contribution is -2.48. The highest BCUT2D eigenvalue weighted by Crippen LogP contribution is 2.35. The first-order chi connectivity index (χ1) is 17.4. The highest BCUT2D eigenvalue weighted by Gasteiger charge is 2.38. The number of carbonyl (C=O) groups is 2. The first kappa shape index (κ1) is 24.4. The monoisotopic (exact) mass is 504 g/mol. The second-order valence-electron chi connectivity index (χ2n) is 9.63. The molecule has 0 spiro atoms. The summed E-state index contributed by atoms with van der Waals surface area (Å²) >= 11 is 1.73. The van der Waals surface area contributed by atoms with Gasteiger partial charge in [0.2, 0.25) is 5.91 Å². The zero-order chi connectivity index (χ0) is 25.2. The largest absolute Gasteiger partial charge is 0.497 e. The quantitative estimate of drug-likeness (QED) is 0.424. The van der Waals surface area contributed by atoms with E-state index in [1.165, 1.54) is 10.4 Å². The second-order valence-corrected chi connectivity index (χ2v) is 10.6. The topological polar surface area (TPSA) is 59.1 Å². The highest BCUT2D eigenvalue weighted by atomic mass is 32.1. The third kappa shape index (κ3) is 5.12. The van der Waals surface area contributed by atoms with E-state index in [0.717, 1.165) is 36.1 Å². The molecule has 188 valence electrons. The Labute approximate surface area is 216 Å². The van der Waals surface area contributed by atoms with Crippen LogP contribution in [0.4, 0.5) is 0 Å². The zero-order valence-corrected chi connectivity index (χ0v) is 21.8. The van der Waals surface area contributed by atoms with Crippen LogP contribution >= 0.6 is 11.3 Å². The van der Waals surface area contributed by atoms with Gasteiger partial charge in [0.25, 0.3) is 5.91 Å². The number of rotatable bonds is 8. The number of aryl methyl sites for hydroxylation is 2. The number of nitrogens with zero attached hydrogens (tertiary/aromatic N) is 2. The van der Waals surface area contributed by atoms with E-state index in [0.29, 0.717) is 24.5 Å². The normalized spacial score (nSPS) is 16.9. The molecule has 6 nitrogen and oxygen atoms in total. The van der Waals surface area contributed by atoms with E-state index < -0.39 is 0 Å². The molecule has 1 saturated carbocycles. The van der Waals surface area contributed by atoms with Crippen molar-refractivity contribution in [3.05, 3.63) is 81.0 Å². The van der Waals surface area contributed by atoms with Crippen LogP contribution in [-0.2, 0) is 11.2 Å². The number of benzene rings is 2. The molecule has 36 heavy (non-hydrogen) atoms. The fourth-order valence-corrected chi connectivity index (χ4v) is 5.84. The molecule has 1 aliphatic heterocycles. The molecule has 5 rings (SSSR count). The Kier molecular flexibility index (Phi) is 7.01. The van der Waals surface area contributed by atoms with Gasteiger partial charge in [0, 0.05) is 23.0 Å². The average Bonchev–Trinajstić information content (AvgIpc) is 3.61. The van der Waals surface area contributed by atoms with Gasteiger partial charge in [0.05, 0.1) is 13.2 Å². The first-order valence-electron chi connectivity index (χ1n) is 12.5. The van der Waals surface area contributed by atoms with E-state index in [2.05, 4.69) is 24.4 Å². The molecule has 2 aromatic carbocycles. The summed E-state index contributed by atoms with van der Waals surface area (Å²) < 4.78 is 11.6. The molecule has 1 aromatic heterocycles. The summed E-state index contributed by atoms with van der Waals surface area (Å²) in [5, 5.41) is 2.09. The molecule has 2 amide bonds. The Hall–Kier alpha value is -3.32. The van der Waals surface area contributed by atoms with Crippen LogP contribution in [0.3, 0.4) is 0 Å². The van der Waals surface area contributed by atoms with Gasteiger partial charge in [-0.05, 0) is 79.9 Å². The lowest BCUT2D eigenvalue weighted by molar-refractivity contribution is -0.135. The van der Waals surface area contributed by atoms with Crippen molar-refractivity contribution >= 4 is 23.2 Å². The van der Waals surface area contributed by atoms with E-state index in [9.17, 15) is 9.59 Å². The Morgan fingerprint density at radius 2 is 1.94 bits per heavy atom. The van der Waals surface area contributed by atoms with Gasteiger partial charge in [-0.3, -0.25) is 9.59 Å². The van der Waals surface area contributed by atoms with Crippen molar-refractivity contribution in [1.82, 2.24) is 9.80 Å². The first-order valence-corrected chi connectivity index (χ1v) is 13.3. The number of hydrogen-bond donors (Lipinski definition) is 0. The number of carbonyl (C=O) groups excluding carboxylic acids is 2. The summed E-state index contributed by atoms with van der Waals surface area (Å²) in [6, 6.07) is 15.3. The smallest absolute Gasteiger partial charge is 0.254 e. The van der Waals surface area contributed by atoms with Gasteiger partial charge in [0.1, 0.15) is 24.7 Å². The van der Waals surface area contributed by atoms with Crippen molar-refractivity contribution in [2.75, 3.05) is 26.8 Å². The Morgan fingerprint density at radius 3 is 2.69 bits per heavy atom. The molecule has 0 N–H and O–H groups in total. The van der Waals surface area contributed by atoms with Crippen LogP contribution < -0.4 is 9.47 Å². The minimum absolute atomic E-state index is 0.0378. The highest BCUT2D eigenvalue weighted by molar-refractivity contribution is 7.10. The van der Waals surface area contributed by atoms with Crippen LogP contribution in [0.25, 0.3) is 0 Å². The van der Waals surface area contributed by atoms with Crippen molar-refractivity contribution in [1.29, 1.82) is 0 Å². The molecule has 1 aliphatic carbocycles. The number of thiophene rings is 1. The number of hydrogen-bond acceptors (Lipinski definition) is 5. The van der Waals surface area contributed by atoms with Gasteiger partial charge in [0.15, 0.2) is 0 Å². The van der Waals surface area contributed by atoms with Gasteiger partial charge in [-0.15, -0.1) is 11.3 Å². The third-order valence-corrected chi connectivity index (χ3v) is 8.01. The van der Waals surface area contributed by atoms with E-state index in [1.54, 1.807) is 35.5 Å². The van der Waals surface area contributed by atoms with Crippen LogP contribution in [0.1, 0.15) is 50.8 Å². The SMILES string of the molecule is COc1cccc(C(=O)N(CC(=O)N2CCc3sccc3C2COc2ccc(C)cc2C)C2CC2)c1. The zero-order valence-electron chi connectivity index (χ0n) is 21.0. The van der Waals surface area contributed by atoms with Crippen LogP contribution in [0.15, 0.2) is 53.9 Å². The van der Waals surface area contributed by atoms with E-state index in [1.807, 2.05) is 36.1 Å². The van der Waals surface area contributed by atoms with Crippen LogP contribution in [0.2, 0.25) is 0 Å². The molecular weight excluding hydrogens is 472 g/mol. The van der Waals surface area contributed by atoms with Crippen LogP contribution in [-0.4, -0.2) is 54.5 Å². The Morgan fingerprint density at radius 1 is 1.11 bits per heavy atom. The number of fused-ring (bicyclic) bond motifs is 1. The average molecular weight is 505 g/mol. The molecule has 0 radical (unpaired) electrons. The van der Waals surface area contributed by atoms with Gasteiger partial charge in [-0.2, -0.15) is 0 Å². The molecule has 2 aliphatic rings. The summed E-state index contributed by atoms with van der Waals surface area (Å²) in [6.07, 6.45) is 2.68. The molecule has 3 aromatic rings.